The van der Waals surface area contributed by atoms with Crippen molar-refractivity contribution in [3.63, 3.8) is 0 Å². The van der Waals surface area contributed by atoms with Gasteiger partial charge in [0, 0.05) is 0 Å². The predicted octanol–water partition coefficient (Wildman–Crippen LogP) is 3.95. The molecule has 64 valence electrons. The fraction of sp³-hybridized carbons (Fsp3) is 0.455. The van der Waals surface area contributed by atoms with E-state index in [4.69, 9.17) is 0 Å². The highest BCUT2D eigenvalue weighted by Crippen LogP contribution is 2.30. The molecular formula is C11H14S. The average molecular weight is 178 g/mol. The van der Waals surface area contributed by atoms with Crippen LogP contribution in [0.3, 0.4) is 0 Å². The third-order valence-corrected chi connectivity index (χ3v) is 3.25. The molecule has 0 spiro atoms. The number of hydrogen-bond acceptors (Lipinski definition) is 1. The molecule has 1 aromatic heterocycles. The van der Waals surface area contributed by atoms with Crippen LogP contribution in [0.1, 0.15) is 31.7 Å². The van der Waals surface area contributed by atoms with Crippen LogP contribution in [0.25, 0.3) is 5.57 Å². The van der Waals surface area contributed by atoms with Gasteiger partial charge in [-0.2, -0.15) is 11.3 Å². The third kappa shape index (κ3) is 1.61. The summed E-state index contributed by atoms with van der Waals surface area (Å²) in [5.41, 5.74) is 3.02. The standard InChI is InChI=1S/C11H14S/c1-9-2-4-10(5-3-9)11-6-7-12-8-11/h4,6-9H,2-3,5H2,1H3. The molecule has 0 fully saturated rings. The summed E-state index contributed by atoms with van der Waals surface area (Å²) in [7, 11) is 0. The first-order chi connectivity index (χ1) is 5.86. The van der Waals surface area contributed by atoms with Crippen LogP contribution < -0.4 is 0 Å². The van der Waals surface area contributed by atoms with E-state index in [1.54, 1.807) is 16.9 Å². The molecule has 0 saturated heterocycles. The predicted molar refractivity (Wildman–Crippen MR) is 55.3 cm³/mol. The zero-order valence-corrected chi connectivity index (χ0v) is 8.23. The van der Waals surface area contributed by atoms with Gasteiger partial charge in [0.25, 0.3) is 0 Å². The van der Waals surface area contributed by atoms with E-state index in [1.165, 1.54) is 24.8 Å². The molecule has 1 aliphatic rings. The Morgan fingerprint density at radius 2 is 2.42 bits per heavy atom. The summed E-state index contributed by atoms with van der Waals surface area (Å²) in [5.74, 6) is 0.896. The number of allylic oxidation sites excluding steroid dienone is 2. The van der Waals surface area contributed by atoms with Gasteiger partial charge in [0.1, 0.15) is 0 Å². The Morgan fingerprint density at radius 1 is 1.50 bits per heavy atom. The highest BCUT2D eigenvalue weighted by Gasteiger charge is 2.10. The minimum atomic E-state index is 0.896. The Bertz CT molecular complexity index is 269. The van der Waals surface area contributed by atoms with Gasteiger partial charge in [-0.15, -0.1) is 0 Å². The van der Waals surface area contributed by atoms with E-state index in [2.05, 4.69) is 29.8 Å². The van der Waals surface area contributed by atoms with E-state index in [0.717, 1.165) is 5.92 Å². The molecule has 1 unspecified atom stereocenters. The monoisotopic (exact) mass is 178 g/mol. The van der Waals surface area contributed by atoms with E-state index in [9.17, 15) is 0 Å². The largest absolute Gasteiger partial charge is 0.152 e. The van der Waals surface area contributed by atoms with Gasteiger partial charge >= 0.3 is 0 Å². The Labute approximate surface area is 77.9 Å². The van der Waals surface area contributed by atoms with Crippen molar-refractivity contribution in [2.24, 2.45) is 5.92 Å². The Morgan fingerprint density at radius 3 is 3.00 bits per heavy atom. The molecule has 2 rings (SSSR count). The molecule has 1 aromatic rings. The van der Waals surface area contributed by atoms with Crippen molar-refractivity contribution in [2.75, 3.05) is 0 Å². The lowest BCUT2D eigenvalue weighted by Crippen LogP contribution is -2.00. The van der Waals surface area contributed by atoms with Crippen LogP contribution in [-0.4, -0.2) is 0 Å². The highest BCUT2D eigenvalue weighted by molar-refractivity contribution is 7.08. The minimum Gasteiger partial charge on any atom is -0.152 e. The van der Waals surface area contributed by atoms with Crippen LogP contribution in [-0.2, 0) is 0 Å². The van der Waals surface area contributed by atoms with E-state index >= 15 is 0 Å². The van der Waals surface area contributed by atoms with Crippen LogP contribution in [0, 0.1) is 5.92 Å². The zero-order valence-electron chi connectivity index (χ0n) is 7.42. The van der Waals surface area contributed by atoms with Crippen LogP contribution in [0.15, 0.2) is 22.9 Å². The molecule has 0 N–H and O–H groups in total. The first-order valence-corrected chi connectivity index (χ1v) is 5.52. The van der Waals surface area contributed by atoms with Gasteiger partial charge in [0.05, 0.1) is 0 Å². The fourth-order valence-electron chi connectivity index (χ4n) is 1.67. The lowest BCUT2D eigenvalue weighted by molar-refractivity contribution is 0.534. The fourth-order valence-corrected chi connectivity index (χ4v) is 2.35. The summed E-state index contributed by atoms with van der Waals surface area (Å²) in [6.07, 6.45) is 6.32. The molecular weight excluding hydrogens is 164 g/mol. The molecule has 0 saturated carbocycles. The van der Waals surface area contributed by atoms with E-state index in [0.29, 0.717) is 0 Å². The molecule has 0 radical (unpaired) electrons. The van der Waals surface area contributed by atoms with Crippen LogP contribution in [0.2, 0.25) is 0 Å². The SMILES string of the molecule is CC1CC=C(c2ccsc2)CC1. The second-order valence-corrected chi connectivity index (χ2v) is 4.40. The van der Waals surface area contributed by atoms with Crippen molar-refractivity contribution in [3.8, 4) is 0 Å². The number of rotatable bonds is 1. The number of thiophene rings is 1. The molecule has 12 heavy (non-hydrogen) atoms. The van der Waals surface area contributed by atoms with Gasteiger partial charge in [-0.05, 0) is 53.1 Å². The lowest BCUT2D eigenvalue weighted by atomic mass is 9.89. The summed E-state index contributed by atoms with van der Waals surface area (Å²) in [4.78, 5) is 0. The van der Waals surface area contributed by atoms with Gasteiger partial charge in [-0.3, -0.25) is 0 Å². The smallest absolute Gasteiger partial charge is 0.00181 e. The molecule has 0 nitrogen and oxygen atoms in total. The second kappa shape index (κ2) is 3.44. The Hall–Kier alpha value is -0.560. The summed E-state index contributed by atoms with van der Waals surface area (Å²) in [5, 5.41) is 4.41. The van der Waals surface area contributed by atoms with Crippen molar-refractivity contribution < 1.29 is 0 Å². The van der Waals surface area contributed by atoms with E-state index in [-0.39, 0.29) is 0 Å². The number of hydrogen-bond donors (Lipinski definition) is 0. The van der Waals surface area contributed by atoms with Crippen LogP contribution in [0.4, 0.5) is 0 Å². The molecule has 0 aliphatic heterocycles. The molecule has 0 aromatic carbocycles. The maximum Gasteiger partial charge on any atom is -0.00181 e. The molecule has 1 aliphatic carbocycles. The van der Waals surface area contributed by atoms with E-state index in [1.807, 2.05) is 0 Å². The maximum atomic E-state index is 2.41. The van der Waals surface area contributed by atoms with Gasteiger partial charge in [-0.25, -0.2) is 0 Å². The maximum absolute atomic E-state index is 2.41. The van der Waals surface area contributed by atoms with Crippen molar-refractivity contribution in [3.05, 3.63) is 28.5 Å². The zero-order chi connectivity index (χ0) is 8.39. The summed E-state index contributed by atoms with van der Waals surface area (Å²) >= 11 is 1.79. The first-order valence-electron chi connectivity index (χ1n) is 4.58. The molecule has 1 atom stereocenters. The molecule has 1 heteroatoms. The summed E-state index contributed by atoms with van der Waals surface area (Å²) < 4.78 is 0. The van der Waals surface area contributed by atoms with Crippen molar-refractivity contribution >= 4 is 16.9 Å². The van der Waals surface area contributed by atoms with Gasteiger partial charge in [0.2, 0.25) is 0 Å². The topological polar surface area (TPSA) is 0 Å². The van der Waals surface area contributed by atoms with E-state index < -0.39 is 0 Å². The normalized spacial score (nSPS) is 23.8. The molecule has 0 bridgehead atoms. The molecule has 1 heterocycles. The highest BCUT2D eigenvalue weighted by atomic mass is 32.1. The Balaban J connectivity index is 2.16. The van der Waals surface area contributed by atoms with Crippen molar-refractivity contribution in [2.45, 2.75) is 26.2 Å². The van der Waals surface area contributed by atoms with Gasteiger partial charge in [-0.1, -0.05) is 13.0 Å². The second-order valence-electron chi connectivity index (χ2n) is 3.62. The van der Waals surface area contributed by atoms with Gasteiger partial charge in [0.15, 0.2) is 0 Å². The molecule has 0 amide bonds. The average Bonchev–Trinajstić information content (AvgIpc) is 2.58. The van der Waals surface area contributed by atoms with Crippen molar-refractivity contribution in [1.29, 1.82) is 0 Å². The van der Waals surface area contributed by atoms with Gasteiger partial charge < -0.3 is 0 Å². The summed E-state index contributed by atoms with van der Waals surface area (Å²) in [6.45, 7) is 2.33. The summed E-state index contributed by atoms with van der Waals surface area (Å²) in [6, 6.07) is 2.23. The van der Waals surface area contributed by atoms with Crippen LogP contribution >= 0.6 is 11.3 Å². The van der Waals surface area contributed by atoms with Crippen molar-refractivity contribution in [1.82, 2.24) is 0 Å². The lowest BCUT2D eigenvalue weighted by Gasteiger charge is -2.17. The minimum absolute atomic E-state index is 0.896. The third-order valence-electron chi connectivity index (χ3n) is 2.57. The quantitative estimate of drug-likeness (QED) is 0.610. The first kappa shape index (κ1) is 8.06. The van der Waals surface area contributed by atoms with Crippen LogP contribution in [0.5, 0.6) is 0 Å². The Kier molecular flexibility index (Phi) is 2.31.